The highest BCUT2D eigenvalue weighted by Crippen LogP contribution is 2.07. The predicted octanol–water partition coefficient (Wildman–Crippen LogP) is 2.09. The van der Waals surface area contributed by atoms with E-state index in [1.54, 1.807) is 7.05 Å². The number of likely N-dealkylation sites (N-methyl/N-ethyl adjacent to an activating group) is 1. The number of hydrogen-bond acceptors (Lipinski definition) is 2. The van der Waals surface area contributed by atoms with E-state index in [-0.39, 0.29) is 11.9 Å². The molecule has 0 aromatic heterocycles. The molecule has 0 heterocycles. The summed E-state index contributed by atoms with van der Waals surface area (Å²) in [7, 11) is 1.69. The number of hydrogen-bond donors (Lipinski definition) is 2. The second-order valence-corrected chi connectivity index (χ2v) is 4.73. The monoisotopic (exact) mass is 226 g/mol. The van der Waals surface area contributed by atoms with Crippen LogP contribution in [0.25, 0.3) is 0 Å². The van der Waals surface area contributed by atoms with Gasteiger partial charge in [-0.15, -0.1) is 6.58 Å². The third-order valence-corrected chi connectivity index (χ3v) is 2.56. The first-order valence-corrected chi connectivity index (χ1v) is 6.09. The van der Waals surface area contributed by atoms with Crippen LogP contribution in [-0.4, -0.2) is 25.0 Å². The van der Waals surface area contributed by atoms with Crippen LogP contribution in [-0.2, 0) is 4.79 Å². The van der Waals surface area contributed by atoms with Crippen molar-refractivity contribution in [2.45, 2.75) is 52.1 Å². The third kappa shape index (κ3) is 6.62. The summed E-state index contributed by atoms with van der Waals surface area (Å²) < 4.78 is 0. The van der Waals surface area contributed by atoms with E-state index < -0.39 is 0 Å². The normalized spacial score (nSPS) is 14.6. The highest BCUT2D eigenvalue weighted by molar-refractivity contribution is 5.81. The fraction of sp³-hybridized carbons (Fsp3) is 0.769. The van der Waals surface area contributed by atoms with Crippen molar-refractivity contribution in [3.8, 4) is 0 Å². The van der Waals surface area contributed by atoms with Gasteiger partial charge in [-0.05, 0) is 32.1 Å². The zero-order valence-corrected chi connectivity index (χ0v) is 11.0. The maximum absolute atomic E-state index is 11.7. The Labute approximate surface area is 99.7 Å². The molecule has 2 unspecified atom stereocenters. The van der Waals surface area contributed by atoms with Gasteiger partial charge in [0.2, 0.25) is 5.91 Å². The van der Waals surface area contributed by atoms with E-state index in [1.807, 2.05) is 6.08 Å². The van der Waals surface area contributed by atoms with Crippen molar-refractivity contribution in [2.75, 3.05) is 7.05 Å². The molecular formula is C13H26N2O. The van der Waals surface area contributed by atoms with Gasteiger partial charge in [-0.25, -0.2) is 0 Å². The molecule has 0 fully saturated rings. The van der Waals surface area contributed by atoms with E-state index in [0.717, 1.165) is 19.3 Å². The lowest BCUT2D eigenvalue weighted by Gasteiger charge is -2.23. The average molecular weight is 226 g/mol. The molecule has 0 aromatic carbocycles. The summed E-state index contributed by atoms with van der Waals surface area (Å²) in [6, 6.07) is 0.267. The van der Waals surface area contributed by atoms with Crippen LogP contribution >= 0.6 is 0 Å². The number of amides is 1. The topological polar surface area (TPSA) is 41.1 Å². The smallest absolute Gasteiger partial charge is 0.236 e. The summed E-state index contributed by atoms with van der Waals surface area (Å²) in [5.41, 5.74) is 0. The van der Waals surface area contributed by atoms with Crippen molar-refractivity contribution in [1.82, 2.24) is 10.6 Å². The van der Waals surface area contributed by atoms with Crippen LogP contribution in [0.4, 0.5) is 0 Å². The molecule has 0 saturated heterocycles. The Morgan fingerprint density at radius 3 is 2.44 bits per heavy atom. The Kier molecular flexibility index (Phi) is 7.90. The van der Waals surface area contributed by atoms with Gasteiger partial charge in [-0.1, -0.05) is 19.9 Å². The molecule has 3 heteroatoms. The van der Waals surface area contributed by atoms with Gasteiger partial charge in [0.25, 0.3) is 0 Å². The fourth-order valence-electron chi connectivity index (χ4n) is 1.69. The minimum Gasteiger partial charge on any atom is -0.358 e. The van der Waals surface area contributed by atoms with Crippen LogP contribution in [0.2, 0.25) is 0 Å². The first-order chi connectivity index (χ1) is 7.51. The number of carbonyl (C=O) groups excluding carboxylic acids is 1. The molecule has 0 saturated carbocycles. The number of allylic oxidation sites excluding steroid dienone is 1. The summed E-state index contributed by atoms with van der Waals surface area (Å²) in [6.45, 7) is 10.1. The fourth-order valence-corrected chi connectivity index (χ4v) is 1.69. The van der Waals surface area contributed by atoms with E-state index >= 15 is 0 Å². The van der Waals surface area contributed by atoms with Crippen molar-refractivity contribution in [3.63, 3.8) is 0 Å². The zero-order chi connectivity index (χ0) is 12.6. The summed E-state index contributed by atoms with van der Waals surface area (Å²) in [6.07, 6.45) is 4.79. The molecule has 0 aliphatic rings. The van der Waals surface area contributed by atoms with Crippen molar-refractivity contribution in [1.29, 1.82) is 0 Å². The molecule has 94 valence electrons. The van der Waals surface area contributed by atoms with Gasteiger partial charge < -0.3 is 10.6 Å². The van der Waals surface area contributed by atoms with Crippen LogP contribution in [0.15, 0.2) is 12.7 Å². The van der Waals surface area contributed by atoms with Gasteiger partial charge in [0.05, 0.1) is 6.04 Å². The molecular weight excluding hydrogens is 200 g/mol. The number of carbonyl (C=O) groups is 1. The lowest BCUT2D eigenvalue weighted by Crippen LogP contribution is -2.47. The quantitative estimate of drug-likeness (QED) is 0.622. The molecule has 0 radical (unpaired) electrons. The Bertz CT molecular complexity index is 214. The standard InChI is InChI=1S/C13H26N2O/c1-6-7-8-11(4)15-12(9-10(2)3)13(16)14-5/h6,10-12,15H,1,7-9H2,2-5H3,(H,14,16). The molecule has 0 spiro atoms. The van der Waals surface area contributed by atoms with Gasteiger partial charge in [0.1, 0.15) is 0 Å². The summed E-state index contributed by atoms with van der Waals surface area (Å²) in [5, 5.41) is 6.08. The molecule has 2 atom stereocenters. The molecule has 0 aliphatic carbocycles. The average Bonchev–Trinajstić information content (AvgIpc) is 2.23. The SMILES string of the molecule is C=CCCC(C)NC(CC(C)C)C(=O)NC. The minimum absolute atomic E-state index is 0.0789. The first kappa shape index (κ1) is 15.2. The van der Waals surface area contributed by atoms with Gasteiger partial charge in [-0.2, -0.15) is 0 Å². The van der Waals surface area contributed by atoms with Gasteiger partial charge in [0.15, 0.2) is 0 Å². The Balaban J connectivity index is 4.18. The highest BCUT2D eigenvalue weighted by Gasteiger charge is 2.19. The predicted molar refractivity (Wildman–Crippen MR) is 69.3 cm³/mol. The molecule has 0 aromatic rings. The molecule has 0 bridgehead atoms. The molecule has 2 N–H and O–H groups in total. The van der Waals surface area contributed by atoms with E-state index in [2.05, 4.69) is 38.0 Å². The lowest BCUT2D eigenvalue weighted by atomic mass is 10.0. The van der Waals surface area contributed by atoms with Gasteiger partial charge in [-0.3, -0.25) is 4.79 Å². The van der Waals surface area contributed by atoms with Crippen LogP contribution in [0, 0.1) is 5.92 Å². The maximum Gasteiger partial charge on any atom is 0.236 e. The highest BCUT2D eigenvalue weighted by atomic mass is 16.2. The van der Waals surface area contributed by atoms with E-state index in [4.69, 9.17) is 0 Å². The molecule has 16 heavy (non-hydrogen) atoms. The minimum atomic E-state index is -0.0789. The van der Waals surface area contributed by atoms with E-state index in [9.17, 15) is 4.79 Å². The second-order valence-electron chi connectivity index (χ2n) is 4.73. The van der Waals surface area contributed by atoms with Crippen LogP contribution in [0.3, 0.4) is 0 Å². The summed E-state index contributed by atoms with van der Waals surface area (Å²) >= 11 is 0. The second kappa shape index (κ2) is 8.34. The first-order valence-electron chi connectivity index (χ1n) is 6.09. The van der Waals surface area contributed by atoms with Crippen LogP contribution in [0.1, 0.15) is 40.0 Å². The molecule has 0 aliphatic heterocycles. The Morgan fingerprint density at radius 2 is 2.00 bits per heavy atom. The third-order valence-electron chi connectivity index (χ3n) is 2.56. The van der Waals surface area contributed by atoms with Crippen LogP contribution in [0.5, 0.6) is 0 Å². The Hall–Kier alpha value is -0.830. The van der Waals surface area contributed by atoms with Crippen molar-refractivity contribution >= 4 is 5.91 Å². The summed E-state index contributed by atoms with van der Waals surface area (Å²) in [5.74, 6) is 0.598. The lowest BCUT2D eigenvalue weighted by molar-refractivity contribution is -0.123. The van der Waals surface area contributed by atoms with Crippen LogP contribution < -0.4 is 10.6 Å². The van der Waals surface area contributed by atoms with Crippen molar-refractivity contribution < 1.29 is 4.79 Å². The number of rotatable bonds is 8. The number of nitrogens with one attached hydrogen (secondary N) is 2. The zero-order valence-electron chi connectivity index (χ0n) is 11.0. The van der Waals surface area contributed by atoms with Gasteiger partial charge in [0, 0.05) is 13.1 Å². The molecule has 0 rings (SSSR count). The van der Waals surface area contributed by atoms with E-state index in [0.29, 0.717) is 12.0 Å². The van der Waals surface area contributed by atoms with Gasteiger partial charge >= 0.3 is 0 Å². The Morgan fingerprint density at radius 1 is 1.38 bits per heavy atom. The maximum atomic E-state index is 11.7. The molecule has 1 amide bonds. The van der Waals surface area contributed by atoms with Crippen molar-refractivity contribution in [3.05, 3.63) is 12.7 Å². The van der Waals surface area contributed by atoms with Crippen molar-refractivity contribution in [2.24, 2.45) is 5.92 Å². The van der Waals surface area contributed by atoms with E-state index in [1.165, 1.54) is 0 Å². The largest absolute Gasteiger partial charge is 0.358 e. The summed E-state index contributed by atoms with van der Waals surface area (Å²) in [4.78, 5) is 11.7. The molecule has 3 nitrogen and oxygen atoms in total.